The van der Waals surface area contributed by atoms with Crippen LogP contribution in [0, 0.1) is 0 Å². The molecule has 6 heteroatoms. The molecule has 2 amide bonds. The van der Waals surface area contributed by atoms with E-state index in [9.17, 15) is 9.59 Å². The molecule has 2 fully saturated rings. The van der Waals surface area contributed by atoms with Crippen LogP contribution >= 0.6 is 0 Å². The molecule has 1 saturated heterocycles. The van der Waals surface area contributed by atoms with Gasteiger partial charge in [0.2, 0.25) is 5.91 Å². The zero-order valence-corrected chi connectivity index (χ0v) is 19.7. The van der Waals surface area contributed by atoms with E-state index < -0.39 is 6.04 Å². The summed E-state index contributed by atoms with van der Waals surface area (Å²) in [5, 5.41) is 3.30. The van der Waals surface area contributed by atoms with Gasteiger partial charge in [0.25, 0.3) is 5.91 Å². The van der Waals surface area contributed by atoms with Crippen LogP contribution in [-0.2, 0) is 4.79 Å². The van der Waals surface area contributed by atoms with Crippen molar-refractivity contribution in [3.63, 3.8) is 0 Å². The van der Waals surface area contributed by atoms with Gasteiger partial charge in [0.1, 0.15) is 6.04 Å². The summed E-state index contributed by atoms with van der Waals surface area (Å²) in [4.78, 5) is 33.4. The summed E-state index contributed by atoms with van der Waals surface area (Å²) in [5.41, 5.74) is 1.57. The summed E-state index contributed by atoms with van der Waals surface area (Å²) in [6.07, 6.45) is 9.10. The van der Waals surface area contributed by atoms with Gasteiger partial charge >= 0.3 is 0 Å². The van der Waals surface area contributed by atoms with Crippen molar-refractivity contribution in [2.24, 2.45) is 0 Å². The number of hydrogen-bond acceptors (Lipinski definition) is 4. The third kappa shape index (κ3) is 5.52. The maximum absolute atomic E-state index is 13.4. The number of nitrogens with zero attached hydrogens (tertiary/aromatic N) is 3. The van der Waals surface area contributed by atoms with Crippen LogP contribution in [0.4, 0.5) is 0 Å². The van der Waals surface area contributed by atoms with Gasteiger partial charge in [0.05, 0.1) is 0 Å². The number of hydrogen-bond donors (Lipinski definition) is 1. The highest BCUT2D eigenvalue weighted by Crippen LogP contribution is 2.34. The lowest BCUT2D eigenvalue weighted by atomic mass is 10.0. The summed E-state index contributed by atoms with van der Waals surface area (Å²) >= 11 is 0. The van der Waals surface area contributed by atoms with E-state index in [1.54, 1.807) is 0 Å². The molecule has 2 heterocycles. The Kier molecular flexibility index (Phi) is 8.20. The lowest BCUT2D eigenvalue weighted by Gasteiger charge is -2.35. The van der Waals surface area contributed by atoms with Crippen molar-refractivity contribution in [3.05, 3.63) is 35.4 Å². The third-order valence-corrected chi connectivity index (χ3v) is 7.39. The van der Waals surface area contributed by atoms with Crippen LogP contribution in [0.5, 0.6) is 0 Å². The monoisotopic (exact) mass is 440 g/mol. The number of fused-ring (bicyclic) bond motifs is 1. The number of nitrogens with one attached hydrogen (secondary N) is 1. The molecule has 6 nitrogen and oxygen atoms in total. The Morgan fingerprint density at radius 1 is 0.938 bits per heavy atom. The largest absolute Gasteiger partial charge is 0.351 e. The number of benzene rings is 1. The predicted octanol–water partition coefficient (Wildman–Crippen LogP) is 3.44. The fourth-order valence-corrected chi connectivity index (χ4v) is 5.60. The molecule has 0 radical (unpaired) electrons. The van der Waals surface area contributed by atoms with Crippen LogP contribution in [-0.4, -0.2) is 78.4 Å². The summed E-state index contributed by atoms with van der Waals surface area (Å²) in [7, 11) is 0. The highest BCUT2D eigenvalue weighted by Gasteiger charge is 2.41. The van der Waals surface area contributed by atoms with Gasteiger partial charge in [-0.2, -0.15) is 0 Å². The molecule has 0 unspecified atom stereocenters. The van der Waals surface area contributed by atoms with Crippen molar-refractivity contribution in [3.8, 4) is 0 Å². The van der Waals surface area contributed by atoms with Gasteiger partial charge in [-0.25, -0.2) is 0 Å². The molecule has 1 atom stereocenters. The smallest absolute Gasteiger partial charge is 0.255 e. The molecule has 1 aromatic rings. The van der Waals surface area contributed by atoms with E-state index in [4.69, 9.17) is 0 Å². The lowest BCUT2D eigenvalue weighted by molar-refractivity contribution is -0.126. The zero-order valence-electron chi connectivity index (χ0n) is 19.7. The number of rotatable bonds is 8. The second-order valence-corrected chi connectivity index (χ2v) is 9.72. The minimum absolute atomic E-state index is 0.00313. The van der Waals surface area contributed by atoms with Gasteiger partial charge < -0.3 is 20.0 Å². The average molecular weight is 441 g/mol. The molecule has 1 aliphatic carbocycles. The predicted molar refractivity (Wildman–Crippen MR) is 128 cm³/mol. The first-order valence-corrected chi connectivity index (χ1v) is 12.8. The number of piperazine rings is 1. The van der Waals surface area contributed by atoms with Crippen LogP contribution in [0.1, 0.15) is 80.3 Å². The van der Waals surface area contributed by atoms with Gasteiger partial charge in [-0.3, -0.25) is 9.59 Å². The second-order valence-electron chi connectivity index (χ2n) is 9.72. The van der Waals surface area contributed by atoms with E-state index in [0.717, 1.165) is 57.5 Å². The first kappa shape index (κ1) is 23.2. The molecule has 176 valence electrons. The SMILES string of the molecule is CCCN1CCN(CCCN2C(=O)c3ccccc3[C@@H]2C(=O)NC2CCCCCC2)CC1. The fourth-order valence-electron chi connectivity index (χ4n) is 5.60. The molecule has 3 aliphatic rings. The van der Waals surface area contributed by atoms with E-state index in [0.29, 0.717) is 12.1 Å². The van der Waals surface area contributed by atoms with Crippen LogP contribution in [0.2, 0.25) is 0 Å². The highest BCUT2D eigenvalue weighted by atomic mass is 16.2. The Morgan fingerprint density at radius 2 is 1.59 bits per heavy atom. The van der Waals surface area contributed by atoms with Crippen LogP contribution < -0.4 is 5.32 Å². The quantitative estimate of drug-likeness (QED) is 0.629. The summed E-state index contributed by atoms with van der Waals surface area (Å²) < 4.78 is 0. The Labute approximate surface area is 193 Å². The Bertz CT molecular complexity index is 767. The molecule has 32 heavy (non-hydrogen) atoms. The first-order chi connectivity index (χ1) is 15.7. The van der Waals surface area contributed by atoms with Gasteiger partial charge in [-0.15, -0.1) is 0 Å². The third-order valence-electron chi connectivity index (χ3n) is 7.39. The Morgan fingerprint density at radius 3 is 2.28 bits per heavy atom. The van der Waals surface area contributed by atoms with Crippen molar-refractivity contribution < 1.29 is 9.59 Å². The topological polar surface area (TPSA) is 55.9 Å². The van der Waals surface area contributed by atoms with Crippen molar-refractivity contribution in [1.82, 2.24) is 20.0 Å². The van der Waals surface area contributed by atoms with Gasteiger partial charge in [0.15, 0.2) is 0 Å². The Hall–Kier alpha value is -1.92. The summed E-state index contributed by atoms with van der Waals surface area (Å²) in [6, 6.07) is 7.43. The molecule has 2 aliphatic heterocycles. The minimum Gasteiger partial charge on any atom is -0.351 e. The van der Waals surface area contributed by atoms with Crippen molar-refractivity contribution in [1.29, 1.82) is 0 Å². The summed E-state index contributed by atoms with van der Waals surface area (Å²) in [6.45, 7) is 9.50. The number of amides is 2. The van der Waals surface area contributed by atoms with Gasteiger partial charge in [0, 0.05) is 44.3 Å². The molecule has 0 aromatic heterocycles. The maximum atomic E-state index is 13.4. The standard InChI is InChI=1S/C26H40N4O2/c1-2-14-28-17-19-29(20-18-28)15-9-16-30-24(22-12-7-8-13-23(22)26(30)32)25(31)27-21-10-5-3-4-6-11-21/h7-8,12-13,21,24H,2-6,9-11,14-20H2,1H3,(H,27,31)/t24-/m1/s1. The number of carbonyl (C=O) groups is 2. The lowest BCUT2D eigenvalue weighted by Crippen LogP contribution is -2.47. The average Bonchev–Trinajstić information content (AvgIpc) is 2.94. The van der Waals surface area contributed by atoms with Gasteiger partial charge in [-0.05, 0) is 50.4 Å². The molecule has 4 rings (SSSR count). The van der Waals surface area contributed by atoms with E-state index in [-0.39, 0.29) is 17.9 Å². The maximum Gasteiger partial charge on any atom is 0.255 e. The van der Waals surface area contributed by atoms with Crippen molar-refractivity contribution in [2.45, 2.75) is 70.4 Å². The van der Waals surface area contributed by atoms with E-state index in [1.807, 2.05) is 29.2 Å². The molecule has 0 bridgehead atoms. The van der Waals surface area contributed by atoms with Crippen LogP contribution in [0.15, 0.2) is 24.3 Å². The van der Waals surface area contributed by atoms with Crippen molar-refractivity contribution in [2.75, 3.05) is 45.8 Å². The molecule has 0 spiro atoms. The second kappa shape index (κ2) is 11.3. The normalized spacial score (nSPS) is 23.2. The highest BCUT2D eigenvalue weighted by molar-refractivity contribution is 6.04. The van der Waals surface area contributed by atoms with Crippen LogP contribution in [0.25, 0.3) is 0 Å². The Balaban J connectivity index is 1.36. The molecule has 1 aromatic carbocycles. The van der Waals surface area contributed by atoms with Crippen molar-refractivity contribution >= 4 is 11.8 Å². The number of carbonyl (C=O) groups excluding carboxylic acids is 2. The van der Waals surface area contributed by atoms with E-state index >= 15 is 0 Å². The molecular formula is C26H40N4O2. The van der Waals surface area contributed by atoms with Crippen LogP contribution in [0.3, 0.4) is 0 Å². The first-order valence-electron chi connectivity index (χ1n) is 12.8. The molecule has 1 saturated carbocycles. The van der Waals surface area contributed by atoms with E-state index in [2.05, 4.69) is 22.0 Å². The fraction of sp³-hybridized carbons (Fsp3) is 0.692. The van der Waals surface area contributed by atoms with E-state index in [1.165, 1.54) is 38.6 Å². The van der Waals surface area contributed by atoms with Gasteiger partial charge in [-0.1, -0.05) is 50.8 Å². The minimum atomic E-state index is -0.483. The molecular weight excluding hydrogens is 400 g/mol. The molecule has 1 N–H and O–H groups in total. The zero-order chi connectivity index (χ0) is 22.3. The summed E-state index contributed by atoms with van der Waals surface area (Å²) in [5.74, 6) is 0.0118.